The highest BCUT2D eigenvalue weighted by Crippen LogP contribution is 2.01. The molecule has 1 unspecified atom stereocenters. The number of unbranched alkanes of at least 4 members (excludes halogenated alkanes) is 4. The van der Waals surface area contributed by atoms with Gasteiger partial charge in [-0.15, -0.1) is 0 Å². The SMILES string of the molecule is NCCCCC(N)C(N)(N)N.NCCCCCCN. The Kier molecular flexibility index (Phi) is 15.6. The van der Waals surface area contributed by atoms with Gasteiger partial charge in [0, 0.05) is 6.04 Å². The quantitative estimate of drug-likeness (QED) is 0.186. The van der Waals surface area contributed by atoms with Crippen molar-refractivity contribution in [3.63, 3.8) is 0 Å². The molecule has 1 atom stereocenters. The molecule has 19 heavy (non-hydrogen) atoms. The van der Waals surface area contributed by atoms with Crippen molar-refractivity contribution >= 4 is 0 Å². The van der Waals surface area contributed by atoms with Crippen molar-refractivity contribution in [3.05, 3.63) is 0 Å². The second-order valence-electron chi connectivity index (χ2n) is 4.88. The first-order chi connectivity index (χ1) is 8.90. The van der Waals surface area contributed by atoms with E-state index in [0.717, 1.165) is 45.2 Å². The molecule has 0 saturated heterocycles. The van der Waals surface area contributed by atoms with Crippen LogP contribution in [-0.2, 0) is 0 Å². The molecular weight excluding hydrogens is 242 g/mol. The molecular formula is C12H35N7. The summed E-state index contributed by atoms with van der Waals surface area (Å²) < 4.78 is 0. The second-order valence-corrected chi connectivity index (χ2v) is 4.88. The van der Waals surface area contributed by atoms with Gasteiger partial charge in [-0.2, -0.15) is 0 Å². The van der Waals surface area contributed by atoms with Crippen LogP contribution < -0.4 is 40.1 Å². The summed E-state index contributed by atoms with van der Waals surface area (Å²) in [6.45, 7) is 2.31. The van der Waals surface area contributed by atoms with Crippen molar-refractivity contribution in [3.8, 4) is 0 Å². The predicted molar refractivity (Wildman–Crippen MR) is 82.8 cm³/mol. The van der Waals surface area contributed by atoms with E-state index in [1.165, 1.54) is 12.8 Å². The summed E-state index contributed by atoms with van der Waals surface area (Å²) in [6, 6.07) is -0.353. The molecule has 14 N–H and O–H groups in total. The highest BCUT2D eigenvalue weighted by Gasteiger charge is 2.21. The third-order valence-electron chi connectivity index (χ3n) is 2.77. The lowest BCUT2D eigenvalue weighted by atomic mass is 10.1. The molecule has 7 nitrogen and oxygen atoms in total. The van der Waals surface area contributed by atoms with Crippen molar-refractivity contribution in [2.75, 3.05) is 19.6 Å². The molecule has 0 heterocycles. The largest absolute Gasteiger partial charge is 0.330 e. The minimum absolute atomic E-state index is 0.353. The summed E-state index contributed by atoms with van der Waals surface area (Å²) >= 11 is 0. The van der Waals surface area contributed by atoms with Crippen LogP contribution in [0.4, 0.5) is 0 Å². The monoisotopic (exact) mass is 277 g/mol. The van der Waals surface area contributed by atoms with Gasteiger partial charge in [0.15, 0.2) is 0 Å². The van der Waals surface area contributed by atoms with Crippen LogP contribution in [0.3, 0.4) is 0 Å². The predicted octanol–water partition coefficient (Wildman–Crippen LogP) is -1.56. The van der Waals surface area contributed by atoms with E-state index in [4.69, 9.17) is 40.1 Å². The molecule has 7 heteroatoms. The summed E-state index contributed by atoms with van der Waals surface area (Å²) in [6.07, 6.45) is 7.37. The average Bonchev–Trinajstić information content (AvgIpc) is 2.34. The molecule has 118 valence electrons. The molecule has 0 spiro atoms. The van der Waals surface area contributed by atoms with E-state index in [1.807, 2.05) is 0 Å². The van der Waals surface area contributed by atoms with Gasteiger partial charge in [0.05, 0.1) is 0 Å². The maximum absolute atomic E-state index is 5.58. The van der Waals surface area contributed by atoms with Crippen LogP contribution in [0.2, 0.25) is 0 Å². The Morgan fingerprint density at radius 1 is 0.632 bits per heavy atom. The Balaban J connectivity index is 0. The highest BCUT2D eigenvalue weighted by atomic mass is 15.2. The lowest BCUT2D eigenvalue weighted by Gasteiger charge is -2.26. The maximum atomic E-state index is 5.58. The van der Waals surface area contributed by atoms with Crippen LogP contribution in [0, 0.1) is 0 Å². The van der Waals surface area contributed by atoms with Gasteiger partial charge in [0.1, 0.15) is 5.79 Å². The molecule has 0 rings (SSSR count). The van der Waals surface area contributed by atoms with Crippen molar-refractivity contribution in [2.24, 2.45) is 40.1 Å². The molecule has 0 aromatic carbocycles. The summed E-state index contributed by atoms with van der Waals surface area (Å²) in [4.78, 5) is 0. The van der Waals surface area contributed by atoms with Gasteiger partial charge in [-0.1, -0.05) is 19.3 Å². The van der Waals surface area contributed by atoms with Crippen molar-refractivity contribution < 1.29 is 0 Å². The number of hydrogen-bond donors (Lipinski definition) is 7. The number of rotatable bonds is 10. The fourth-order valence-electron chi connectivity index (χ4n) is 1.40. The molecule has 0 aliphatic rings. The Bertz CT molecular complexity index is 164. The first-order valence-electron chi connectivity index (χ1n) is 7.12. The van der Waals surface area contributed by atoms with Gasteiger partial charge in [0.2, 0.25) is 0 Å². The number of nitrogens with two attached hydrogens (primary N) is 7. The summed E-state index contributed by atoms with van der Waals surface area (Å²) in [5.74, 6) is -1.26. The second kappa shape index (κ2) is 14.1. The lowest BCUT2D eigenvalue weighted by molar-refractivity contribution is 0.343. The molecule has 0 fully saturated rings. The summed E-state index contributed by atoms with van der Waals surface area (Å²) in [7, 11) is 0. The van der Waals surface area contributed by atoms with Gasteiger partial charge in [0.25, 0.3) is 0 Å². The highest BCUT2D eigenvalue weighted by molar-refractivity contribution is 4.82. The fourth-order valence-corrected chi connectivity index (χ4v) is 1.40. The first-order valence-corrected chi connectivity index (χ1v) is 7.12. The zero-order chi connectivity index (χ0) is 15.1. The number of hydrogen-bond acceptors (Lipinski definition) is 7. The average molecular weight is 277 g/mol. The van der Waals surface area contributed by atoms with Gasteiger partial charge >= 0.3 is 0 Å². The normalized spacial score (nSPS) is 12.8. The molecule has 0 aliphatic carbocycles. The zero-order valence-electron chi connectivity index (χ0n) is 12.2. The maximum Gasteiger partial charge on any atom is 0.131 e. The molecule has 0 amide bonds. The van der Waals surface area contributed by atoms with Gasteiger partial charge in [-0.3, -0.25) is 17.2 Å². The zero-order valence-corrected chi connectivity index (χ0v) is 12.2. The van der Waals surface area contributed by atoms with Crippen LogP contribution in [0.5, 0.6) is 0 Å². The van der Waals surface area contributed by atoms with Crippen LogP contribution in [0.15, 0.2) is 0 Å². The van der Waals surface area contributed by atoms with Crippen molar-refractivity contribution in [1.82, 2.24) is 0 Å². The Labute approximate surface area is 117 Å². The Hall–Kier alpha value is -0.280. The van der Waals surface area contributed by atoms with E-state index in [0.29, 0.717) is 6.54 Å². The smallest absolute Gasteiger partial charge is 0.131 e. The Morgan fingerprint density at radius 2 is 1.00 bits per heavy atom. The van der Waals surface area contributed by atoms with E-state index < -0.39 is 5.79 Å². The standard InChI is InChI=1S/C6H19N5.C6H16N2/c7-4-2-1-3-5(8)6(9,10)11;7-5-3-1-2-4-6-8/h5H,1-4,7-11H2;1-8H2. The van der Waals surface area contributed by atoms with Crippen LogP contribution in [0.25, 0.3) is 0 Å². The third-order valence-corrected chi connectivity index (χ3v) is 2.77. The van der Waals surface area contributed by atoms with Crippen LogP contribution in [0.1, 0.15) is 44.9 Å². The van der Waals surface area contributed by atoms with Crippen LogP contribution >= 0.6 is 0 Å². The van der Waals surface area contributed by atoms with Crippen molar-refractivity contribution in [1.29, 1.82) is 0 Å². The van der Waals surface area contributed by atoms with E-state index >= 15 is 0 Å². The van der Waals surface area contributed by atoms with E-state index in [-0.39, 0.29) is 6.04 Å². The summed E-state index contributed by atoms with van der Waals surface area (Å²) in [5, 5.41) is 0. The van der Waals surface area contributed by atoms with Gasteiger partial charge < -0.3 is 22.9 Å². The van der Waals surface area contributed by atoms with Crippen LogP contribution in [-0.4, -0.2) is 31.5 Å². The minimum atomic E-state index is -1.26. The van der Waals surface area contributed by atoms with Gasteiger partial charge in [-0.25, -0.2) is 0 Å². The topological polar surface area (TPSA) is 182 Å². The third kappa shape index (κ3) is 17.7. The summed E-state index contributed by atoms with van der Waals surface area (Å²) in [5.41, 5.74) is 37.5. The molecule has 0 aromatic heterocycles. The molecule has 0 aliphatic heterocycles. The fraction of sp³-hybridized carbons (Fsp3) is 1.00. The molecule has 0 radical (unpaired) electrons. The van der Waals surface area contributed by atoms with Gasteiger partial charge in [-0.05, 0) is 45.3 Å². The molecule has 0 saturated carbocycles. The molecule has 0 aromatic rings. The lowest BCUT2D eigenvalue weighted by Crippen LogP contribution is -2.68. The molecule has 0 bridgehead atoms. The Morgan fingerprint density at radius 3 is 1.32 bits per heavy atom. The van der Waals surface area contributed by atoms with E-state index in [9.17, 15) is 0 Å². The van der Waals surface area contributed by atoms with E-state index in [1.54, 1.807) is 0 Å². The van der Waals surface area contributed by atoms with E-state index in [2.05, 4.69) is 0 Å². The van der Waals surface area contributed by atoms with Crippen molar-refractivity contribution in [2.45, 2.75) is 56.8 Å². The first kappa shape index (κ1) is 21.0. The minimum Gasteiger partial charge on any atom is -0.330 e.